The van der Waals surface area contributed by atoms with Crippen LogP contribution in [0.4, 0.5) is 0 Å². The Morgan fingerprint density at radius 3 is 2.55 bits per heavy atom. The molecule has 20 heavy (non-hydrogen) atoms. The van der Waals surface area contributed by atoms with Crippen LogP contribution in [0.3, 0.4) is 0 Å². The standard InChI is InChI=1S/C13H19NO4S2/c1-13(2,3)10-4-5-14(7-10)20(17,18)11-6-9(8-19-11)12(15)16/h6,8,10H,4-5,7H2,1-3H3,(H,15,16). The maximum absolute atomic E-state index is 12.5. The molecule has 1 aromatic rings. The van der Waals surface area contributed by atoms with Gasteiger partial charge in [0, 0.05) is 18.5 Å². The molecule has 1 aliphatic rings. The summed E-state index contributed by atoms with van der Waals surface area (Å²) in [5, 5.41) is 10.2. The number of carbonyl (C=O) groups is 1. The predicted molar refractivity (Wildman–Crippen MR) is 77.6 cm³/mol. The van der Waals surface area contributed by atoms with Crippen molar-refractivity contribution < 1.29 is 18.3 Å². The number of sulfonamides is 1. The molecule has 0 aromatic carbocycles. The molecule has 1 N–H and O–H groups in total. The zero-order chi connectivity index (χ0) is 15.1. The lowest BCUT2D eigenvalue weighted by atomic mass is 9.80. The van der Waals surface area contributed by atoms with E-state index in [0.29, 0.717) is 19.0 Å². The Balaban J connectivity index is 2.21. The van der Waals surface area contributed by atoms with E-state index in [2.05, 4.69) is 20.8 Å². The minimum Gasteiger partial charge on any atom is -0.478 e. The highest BCUT2D eigenvalue weighted by atomic mass is 32.2. The molecule has 1 atom stereocenters. The number of hydrogen-bond acceptors (Lipinski definition) is 4. The van der Waals surface area contributed by atoms with Gasteiger partial charge in [-0.1, -0.05) is 20.8 Å². The lowest BCUT2D eigenvalue weighted by Gasteiger charge is -2.26. The van der Waals surface area contributed by atoms with E-state index >= 15 is 0 Å². The quantitative estimate of drug-likeness (QED) is 0.929. The van der Waals surface area contributed by atoms with Crippen LogP contribution < -0.4 is 0 Å². The summed E-state index contributed by atoms with van der Waals surface area (Å²) in [6.45, 7) is 7.35. The van der Waals surface area contributed by atoms with Gasteiger partial charge in [-0.15, -0.1) is 11.3 Å². The van der Waals surface area contributed by atoms with Gasteiger partial charge in [-0.2, -0.15) is 4.31 Å². The fourth-order valence-electron chi connectivity index (χ4n) is 2.34. The molecule has 1 aromatic heterocycles. The Hall–Kier alpha value is -0.920. The molecule has 0 spiro atoms. The van der Waals surface area contributed by atoms with Crippen LogP contribution in [0.25, 0.3) is 0 Å². The summed E-state index contributed by atoms with van der Waals surface area (Å²) < 4.78 is 26.6. The molecule has 1 fully saturated rings. The average Bonchev–Trinajstić information content (AvgIpc) is 2.98. The van der Waals surface area contributed by atoms with Crippen molar-refractivity contribution in [3.63, 3.8) is 0 Å². The molecule has 0 saturated carbocycles. The third kappa shape index (κ3) is 2.89. The molecule has 7 heteroatoms. The van der Waals surface area contributed by atoms with Gasteiger partial charge in [0.25, 0.3) is 10.0 Å². The van der Waals surface area contributed by atoms with Gasteiger partial charge < -0.3 is 5.11 Å². The first kappa shape index (κ1) is 15.5. The lowest BCUT2D eigenvalue weighted by molar-refractivity contribution is 0.0697. The van der Waals surface area contributed by atoms with Crippen LogP contribution in [-0.4, -0.2) is 36.9 Å². The fourth-order valence-corrected chi connectivity index (χ4v) is 5.15. The van der Waals surface area contributed by atoms with E-state index in [0.717, 1.165) is 17.8 Å². The summed E-state index contributed by atoms with van der Waals surface area (Å²) >= 11 is 0.970. The van der Waals surface area contributed by atoms with Crippen molar-refractivity contribution in [1.29, 1.82) is 0 Å². The van der Waals surface area contributed by atoms with Crippen LogP contribution in [0, 0.1) is 11.3 Å². The van der Waals surface area contributed by atoms with Gasteiger partial charge in [-0.3, -0.25) is 0 Å². The molecule has 0 aliphatic carbocycles. The third-order valence-corrected chi connectivity index (χ3v) is 7.07. The van der Waals surface area contributed by atoms with Crippen molar-refractivity contribution >= 4 is 27.3 Å². The van der Waals surface area contributed by atoms with Crippen molar-refractivity contribution in [2.75, 3.05) is 13.1 Å². The molecular formula is C13H19NO4S2. The summed E-state index contributed by atoms with van der Waals surface area (Å²) in [4.78, 5) is 10.8. The number of hydrogen-bond donors (Lipinski definition) is 1. The first-order chi connectivity index (χ1) is 9.12. The number of carboxylic acid groups (broad SMARTS) is 1. The minimum absolute atomic E-state index is 0.0279. The Morgan fingerprint density at radius 1 is 1.45 bits per heavy atom. The van der Waals surface area contributed by atoms with E-state index in [9.17, 15) is 13.2 Å². The Labute approximate surface area is 123 Å². The molecule has 5 nitrogen and oxygen atoms in total. The first-order valence-electron chi connectivity index (χ1n) is 6.44. The van der Waals surface area contributed by atoms with Gasteiger partial charge in [0.1, 0.15) is 4.21 Å². The monoisotopic (exact) mass is 317 g/mol. The number of aromatic carboxylic acids is 1. The summed E-state index contributed by atoms with van der Waals surface area (Å²) in [6.07, 6.45) is 0.847. The van der Waals surface area contributed by atoms with E-state index < -0.39 is 16.0 Å². The molecule has 0 amide bonds. The lowest BCUT2D eigenvalue weighted by Crippen LogP contribution is -2.30. The molecule has 2 heterocycles. The van der Waals surface area contributed by atoms with Crippen LogP contribution >= 0.6 is 11.3 Å². The molecule has 112 valence electrons. The van der Waals surface area contributed by atoms with Crippen LogP contribution in [0.2, 0.25) is 0 Å². The molecule has 1 unspecified atom stereocenters. The van der Waals surface area contributed by atoms with E-state index in [1.165, 1.54) is 15.8 Å². The Bertz CT molecular complexity index is 613. The second-order valence-corrected chi connectivity index (χ2v) is 9.25. The maximum atomic E-state index is 12.5. The van der Waals surface area contributed by atoms with E-state index in [1.54, 1.807) is 0 Å². The fraction of sp³-hybridized carbons (Fsp3) is 0.615. The van der Waals surface area contributed by atoms with E-state index in [4.69, 9.17) is 5.11 Å². The SMILES string of the molecule is CC(C)(C)C1CCN(S(=O)(=O)c2cc(C(=O)O)cs2)C1. The number of rotatable bonds is 3. The van der Waals surface area contributed by atoms with Gasteiger partial charge in [0.05, 0.1) is 5.56 Å². The number of nitrogens with zero attached hydrogens (tertiary/aromatic N) is 1. The highest BCUT2D eigenvalue weighted by Crippen LogP contribution is 2.36. The molecule has 0 radical (unpaired) electrons. The predicted octanol–water partition coefficient (Wildman–Crippen LogP) is 2.50. The molecule has 0 bridgehead atoms. The van der Waals surface area contributed by atoms with Crippen LogP contribution in [0.15, 0.2) is 15.7 Å². The van der Waals surface area contributed by atoms with Crippen molar-refractivity contribution in [2.45, 2.75) is 31.4 Å². The van der Waals surface area contributed by atoms with Crippen LogP contribution in [0.1, 0.15) is 37.6 Å². The smallest absolute Gasteiger partial charge is 0.336 e. The third-order valence-electron chi connectivity index (χ3n) is 3.79. The molecule has 1 saturated heterocycles. The molecule has 2 rings (SSSR count). The second-order valence-electron chi connectivity index (χ2n) is 6.17. The van der Waals surface area contributed by atoms with Gasteiger partial charge in [0.15, 0.2) is 0 Å². The largest absolute Gasteiger partial charge is 0.478 e. The Kier molecular flexibility index (Phi) is 3.96. The van der Waals surface area contributed by atoms with Crippen molar-refractivity contribution in [2.24, 2.45) is 11.3 Å². The van der Waals surface area contributed by atoms with Crippen molar-refractivity contribution in [3.8, 4) is 0 Å². The summed E-state index contributed by atoms with van der Waals surface area (Å²) in [5.74, 6) is -0.770. The topological polar surface area (TPSA) is 74.7 Å². The average molecular weight is 317 g/mol. The normalized spacial score (nSPS) is 21.2. The Morgan fingerprint density at radius 2 is 2.10 bits per heavy atom. The molecule has 1 aliphatic heterocycles. The summed E-state index contributed by atoms with van der Waals surface area (Å²) in [6, 6.07) is 1.24. The van der Waals surface area contributed by atoms with E-state index in [1.807, 2.05) is 0 Å². The van der Waals surface area contributed by atoms with Gasteiger partial charge >= 0.3 is 5.97 Å². The second kappa shape index (κ2) is 5.13. The first-order valence-corrected chi connectivity index (χ1v) is 8.76. The van der Waals surface area contributed by atoms with Gasteiger partial charge in [0.2, 0.25) is 0 Å². The van der Waals surface area contributed by atoms with Gasteiger partial charge in [-0.05, 0) is 23.8 Å². The maximum Gasteiger partial charge on any atom is 0.336 e. The van der Waals surface area contributed by atoms with Crippen molar-refractivity contribution in [1.82, 2.24) is 4.31 Å². The highest BCUT2D eigenvalue weighted by molar-refractivity contribution is 7.91. The minimum atomic E-state index is -3.56. The van der Waals surface area contributed by atoms with Crippen molar-refractivity contribution in [3.05, 3.63) is 17.0 Å². The molecular weight excluding hydrogens is 298 g/mol. The zero-order valence-electron chi connectivity index (χ0n) is 11.8. The number of thiophene rings is 1. The summed E-state index contributed by atoms with van der Waals surface area (Å²) in [5.41, 5.74) is 0.103. The van der Waals surface area contributed by atoms with Gasteiger partial charge in [-0.25, -0.2) is 13.2 Å². The highest BCUT2D eigenvalue weighted by Gasteiger charge is 2.38. The van der Waals surface area contributed by atoms with Crippen LogP contribution in [0.5, 0.6) is 0 Å². The zero-order valence-corrected chi connectivity index (χ0v) is 13.4. The van der Waals surface area contributed by atoms with E-state index in [-0.39, 0.29) is 15.2 Å². The number of carboxylic acids is 1. The summed E-state index contributed by atoms with van der Waals surface area (Å²) in [7, 11) is -3.56. The van der Waals surface area contributed by atoms with Crippen LogP contribution in [-0.2, 0) is 10.0 Å².